The normalized spacial score (nSPS) is 54.9. The number of alkyl halides is 3. The van der Waals surface area contributed by atoms with E-state index in [1.807, 2.05) is 27.7 Å². The first-order chi connectivity index (χ1) is 11.5. The smallest absolute Gasteiger partial charge is 0.305 e. The minimum atomic E-state index is -1.45. The van der Waals surface area contributed by atoms with Crippen LogP contribution in [0.5, 0.6) is 0 Å². The molecule has 2 unspecified atom stereocenters. The Labute approximate surface area is 156 Å². The van der Waals surface area contributed by atoms with E-state index in [2.05, 4.69) is 15.9 Å². The Morgan fingerprint density at radius 3 is 1.88 bits per heavy atom. The molecule has 2 heterocycles. The van der Waals surface area contributed by atoms with Gasteiger partial charge < -0.3 is 14.2 Å². The number of hydrogen-bond donors (Lipinski definition) is 0. The van der Waals surface area contributed by atoms with Crippen molar-refractivity contribution in [2.45, 2.75) is 95.2 Å². The van der Waals surface area contributed by atoms with Crippen molar-refractivity contribution < 1.29 is 27.8 Å². The van der Waals surface area contributed by atoms with Gasteiger partial charge >= 0.3 is 5.97 Å². The predicted molar refractivity (Wildman–Crippen MR) is 91.7 cm³/mol. The second kappa shape index (κ2) is 5.86. The lowest BCUT2D eigenvalue weighted by atomic mass is 9.98. The summed E-state index contributed by atoms with van der Waals surface area (Å²) in [7, 11) is 0. The maximum Gasteiger partial charge on any atom is 0.305 e. The number of hydrogen-bond acceptors (Lipinski definition) is 4. The molecule has 0 aromatic heterocycles. The van der Waals surface area contributed by atoms with Crippen LogP contribution >= 0.6 is 15.9 Å². The average Bonchev–Trinajstić information content (AvgIpc) is 3.26. The average molecular weight is 425 g/mol. The Hall–Kier alpha value is -0.270. The van der Waals surface area contributed by atoms with Crippen molar-refractivity contribution in [3.05, 3.63) is 0 Å². The van der Waals surface area contributed by atoms with E-state index in [-0.39, 0.29) is 22.6 Å². The summed E-state index contributed by atoms with van der Waals surface area (Å²) in [6, 6.07) is 0. The molecule has 2 aliphatic heterocycles. The highest BCUT2D eigenvalue weighted by atomic mass is 79.9. The minimum Gasteiger partial charge on any atom is -0.432 e. The molecule has 0 bridgehead atoms. The molecule has 4 rings (SSSR count). The van der Waals surface area contributed by atoms with Crippen LogP contribution in [0.2, 0.25) is 0 Å². The van der Waals surface area contributed by atoms with Crippen molar-refractivity contribution in [3.63, 3.8) is 0 Å². The molecule has 4 fully saturated rings. The number of rotatable bonds is 3. The molecule has 7 heteroatoms. The lowest BCUT2D eigenvalue weighted by Crippen LogP contribution is -2.29. The van der Waals surface area contributed by atoms with Crippen LogP contribution in [-0.4, -0.2) is 40.8 Å². The van der Waals surface area contributed by atoms with Crippen LogP contribution in [0.4, 0.5) is 8.78 Å². The molecule has 0 aromatic rings. The van der Waals surface area contributed by atoms with Crippen LogP contribution in [0.3, 0.4) is 0 Å². The first-order valence-electron chi connectivity index (χ1n) is 8.98. The molecular formula is C18H27BrF2O4. The van der Waals surface area contributed by atoms with Crippen molar-refractivity contribution in [2.24, 2.45) is 10.8 Å². The van der Waals surface area contributed by atoms with Gasteiger partial charge in [0.05, 0.1) is 12.2 Å². The lowest BCUT2D eigenvalue weighted by Gasteiger charge is -2.18. The highest BCUT2D eigenvalue weighted by molar-refractivity contribution is 9.09. The van der Waals surface area contributed by atoms with Gasteiger partial charge in [0.2, 0.25) is 6.29 Å². The molecule has 0 amide bonds. The monoisotopic (exact) mass is 424 g/mol. The fourth-order valence-electron chi connectivity index (χ4n) is 4.61. The van der Waals surface area contributed by atoms with Gasteiger partial charge in [-0.2, -0.15) is 0 Å². The molecule has 144 valence electrons. The number of ether oxygens (including phenoxy) is 3. The first kappa shape index (κ1) is 19.5. The summed E-state index contributed by atoms with van der Waals surface area (Å²) in [4.78, 5) is 10.7. The molecule has 0 N–H and O–H groups in total. The number of carbonyl (C=O) groups excluding carboxylic acids is 1. The van der Waals surface area contributed by atoms with E-state index in [1.54, 1.807) is 0 Å². The van der Waals surface area contributed by atoms with Gasteiger partial charge in [0.15, 0.2) is 11.3 Å². The zero-order valence-electron chi connectivity index (χ0n) is 15.4. The van der Waals surface area contributed by atoms with Crippen molar-refractivity contribution in [1.29, 1.82) is 0 Å². The third-order valence-corrected chi connectivity index (χ3v) is 7.58. The fourth-order valence-corrected chi connectivity index (χ4v) is 5.56. The maximum atomic E-state index is 14.1. The Balaban J connectivity index is 0.000000150. The van der Waals surface area contributed by atoms with E-state index >= 15 is 0 Å². The Bertz CT molecular complexity index is 577. The van der Waals surface area contributed by atoms with E-state index in [0.717, 1.165) is 12.8 Å². The van der Waals surface area contributed by atoms with Gasteiger partial charge in [0, 0.05) is 17.8 Å². The third-order valence-electron chi connectivity index (χ3n) is 6.64. The van der Waals surface area contributed by atoms with Gasteiger partial charge in [-0.3, -0.25) is 4.79 Å². The molecular weight excluding hydrogens is 398 g/mol. The highest BCUT2D eigenvalue weighted by Gasteiger charge is 2.80. The van der Waals surface area contributed by atoms with Crippen molar-refractivity contribution >= 4 is 21.9 Å². The number of fused-ring (bicyclic) bond motifs is 2. The van der Waals surface area contributed by atoms with E-state index < -0.39 is 29.0 Å². The number of carbonyl (C=O) groups is 1. The summed E-state index contributed by atoms with van der Waals surface area (Å²) in [6.45, 7) is 9.09. The van der Waals surface area contributed by atoms with Crippen molar-refractivity contribution in [3.8, 4) is 0 Å². The van der Waals surface area contributed by atoms with Crippen molar-refractivity contribution in [2.75, 3.05) is 0 Å². The fraction of sp³-hybridized carbons (Fsp3) is 0.944. The van der Waals surface area contributed by atoms with Crippen LogP contribution in [0.25, 0.3) is 0 Å². The van der Waals surface area contributed by atoms with Gasteiger partial charge in [-0.05, 0) is 25.7 Å². The number of halogens is 3. The maximum absolute atomic E-state index is 14.1. The summed E-state index contributed by atoms with van der Waals surface area (Å²) >= 11 is 3.22. The Morgan fingerprint density at radius 1 is 1.08 bits per heavy atom. The number of esters is 1. The third kappa shape index (κ3) is 2.59. The zero-order chi connectivity index (χ0) is 18.8. The van der Waals surface area contributed by atoms with Gasteiger partial charge in [0.1, 0.15) is 5.01 Å². The molecule has 2 saturated carbocycles. The van der Waals surface area contributed by atoms with Crippen LogP contribution in [0.15, 0.2) is 0 Å². The van der Waals surface area contributed by atoms with Crippen molar-refractivity contribution in [1.82, 2.24) is 0 Å². The SMILES string of the molecule is CC[C@H]1OC(Br)[C@@]2(F)C[C@]12C.CC[C@H]1OC(OC(C)=O)[C@@]2(F)C[C@]12C. The summed E-state index contributed by atoms with van der Waals surface area (Å²) in [5.74, 6) is -0.488. The van der Waals surface area contributed by atoms with Gasteiger partial charge in [-0.25, -0.2) is 8.78 Å². The van der Waals surface area contributed by atoms with E-state index in [0.29, 0.717) is 12.8 Å². The molecule has 4 aliphatic rings. The Kier molecular flexibility index (Phi) is 4.57. The lowest BCUT2D eigenvalue weighted by molar-refractivity contribution is -0.191. The largest absolute Gasteiger partial charge is 0.432 e. The molecule has 0 spiro atoms. The topological polar surface area (TPSA) is 44.8 Å². The summed E-state index contributed by atoms with van der Waals surface area (Å²) in [5, 5.41) is -0.370. The molecule has 4 nitrogen and oxygen atoms in total. The predicted octanol–water partition coefficient (Wildman–Crippen LogP) is 4.44. The van der Waals surface area contributed by atoms with E-state index in [9.17, 15) is 13.6 Å². The zero-order valence-corrected chi connectivity index (χ0v) is 17.0. The molecule has 2 aliphatic carbocycles. The van der Waals surface area contributed by atoms with E-state index in [4.69, 9.17) is 14.2 Å². The molecule has 2 saturated heterocycles. The molecule has 8 atom stereocenters. The van der Waals surface area contributed by atoms with Crippen LogP contribution < -0.4 is 0 Å². The highest BCUT2D eigenvalue weighted by Crippen LogP contribution is 2.71. The second-order valence-electron chi connectivity index (χ2n) is 8.24. The molecule has 25 heavy (non-hydrogen) atoms. The summed E-state index contributed by atoms with van der Waals surface area (Å²) < 4.78 is 43.5. The second-order valence-corrected chi connectivity index (χ2v) is 9.07. The Morgan fingerprint density at radius 2 is 1.56 bits per heavy atom. The quantitative estimate of drug-likeness (QED) is 0.496. The standard InChI is InChI=1S/C10H15FO3.C8H12BrFO/c1-4-7-9(3)5-10(9,11)8(14-7)13-6(2)12;1-3-5-7(2)4-8(7,10)6(9)11-5/h7-8H,4-5H2,1-3H3;5-6H,3-4H2,1-2H3/t7-,8?,9-,10+;5-,6?,7-,8+/m11/s1. The minimum absolute atomic E-state index is 0.108. The van der Waals surface area contributed by atoms with Gasteiger partial charge in [0.25, 0.3) is 0 Å². The molecule has 0 aromatic carbocycles. The van der Waals surface area contributed by atoms with Crippen LogP contribution in [0.1, 0.15) is 60.3 Å². The molecule has 0 radical (unpaired) electrons. The first-order valence-corrected chi connectivity index (χ1v) is 9.90. The van der Waals surface area contributed by atoms with Gasteiger partial charge in [-0.15, -0.1) is 0 Å². The van der Waals surface area contributed by atoms with Crippen LogP contribution in [0, 0.1) is 10.8 Å². The summed E-state index contributed by atoms with van der Waals surface area (Å²) in [5.41, 5.74) is -3.16. The summed E-state index contributed by atoms with van der Waals surface area (Å²) in [6.07, 6.45) is 1.75. The van der Waals surface area contributed by atoms with E-state index in [1.165, 1.54) is 6.92 Å². The van der Waals surface area contributed by atoms with Crippen LogP contribution in [-0.2, 0) is 19.0 Å². The van der Waals surface area contributed by atoms with Gasteiger partial charge in [-0.1, -0.05) is 43.6 Å².